The van der Waals surface area contributed by atoms with Crippen LogP contribution in [-0.4, -0.2) is 43.1 Å². The summed E-state index contributed by atoms with van der Waals surface area (Å²) in [7, 11) is 1.23. The molecule has 1 aromatic carbocycles. The van der Waals surface area contributed by atoms with Crippen LogP contribution in [0.3, 0.4) is 0 Å². The van der Waals surface area contributed by atoms with Crippen LogP contribution in [-0.2, 0) is 14.3 Å². The topological polar surface area (TPSA) is 98.6 Å². The molecule has 0 spiro atoms. The number of thioether (sulfide) groups is 1. The maximum Gasteiger partial charge on any atom is 0.331 e. The normalized spacial score (nSPS) is 16.9. The molecule has 150 valence electrons. The quantitative estimate of drug-likeness (QED) is 0.312. The highest BCUT2D eigenvalue weighted by Gasteiger charge is 2.25. The van der Waals surface area contributed by atoms with E-state index in [4.69, 9.17) is 21.1 Å². The van der Waals surface area contributed by atoms with Gasteiger partial charge in [-0.25, -0.2) is 4.79 Å². The van der Waals surface area contributed by atoms with Crippen molar-refractivity contribution in [1.82, 2.24) is 5.32 Å². The van der Waals surface area contributed by atoms with Gasteiger partial charge in [-0.2, -0.15) is 5.10 Å². The SMILES string of the molecule is CCOc1cc(C=N/N=C2/NC(=O)/C(=C\C(=O)OC)S2)cc(Cl)c1OC(C)C. The third-order valence-corrected chi connectivity index (χ3v) is 4.32. The molecule has 0 aromatic heterocycles. The Morgan fingerprint density at radius 2 is 2.14 bits per heavy atom. The number of nitrogens with one attached hydrogen (secondary N) is 1. The van der Waals surface area contributed by atoms with Gasteiger partial charge in [-0.05, 0) is 44.7 Å². The lowest BCUT2D eigenvalue weighted by molar-refractivity contribution is -0.135. The third kappa shape index (κ3) is 6.00. The van der Waals surface area contributed by atoms with Crippen LogP contribution in [0.25, 0.3) is 0 Å². The number of carbonyl (C=O) groups is 2. The molecule has 28 heavy (non-hydrogen) atoms. The van der Waals surface area contributed by atoms with E-state index >= 15 is 0 Å². The Balaban J connectivity index is 2.18. The zero-order chi connectivity index (χ0) is 20.7. The van der Waals surface area contributed by atoms with Crippen LogP contribution < -0.4 is 14.8 Å². The fraction of sp³-hybridized carbons (Fsp3) is 0.333. The minimum Gasteiger partial charge on any atom is -0.490 e. The van der Waals surface area contributed by atoms with Gasteiger partial charge in [-0.15, -0.1) is 5.10 Å². The first kappa shape index (κ1) is 21.8. The van der Waals surface area contributed by atoms with E-state index in [9.17, 15) is 9.59 Å². The molecule has 0 unspecified atom stereocenters. The average Bonchev–Trinajstić information content (AvgIpc) is 2.97. The molecule has 0 aliphatic carbocycles. The molecule has 8 nitrogen and oxygen atoms in total. The Morgan fingerprint density at radius 1 is 1.39 bits per heavy atom. The number of amides is 1. The first-order valence-electron chi connectivity index (χ1n) is 8.36. The van der Waals surface area contributed by atoms with Crippen LogP contribution in [0.15, 0.2) is 33.3 Å². The molecule has 10 heteroatoms. The van der Waals surface area contributed by atoms with E-state index in [0.29, 0.717) is 28.7 Å². The van der Waals surface area contributed by atoms with Crippen LogP contribution in [0.2, 0.25) is 5.02 Å². The van der Waals surface area contributed by atoms with Crippen LogP contribution in [0, 0.1) is 0 Å². The number of hydrogen-bond donors (Lipinski definition) is 1. The predicted octanol–water partition coefficient (Wildman–Crippen LogP) is 3.14. The highest BCUT2D eigenvalue weighted by molar-refractivity contribution is 8.18. The summed E-state index contributed by atoms with van der Waals surface area (Å²) >= 11 is 7.29. The van der Waals surface area contributed by atoms with Crippen molar-refractivity contribution in [3.05, 3.63) is 33.7 Å². The maximum absolute atomic E-state index is 11.8. The number of benzene rings is 1. The van der Waals surface area contributed by atoms with Crippen molar-refractivity contribution in [3.8, 4) is 11.5 Å². The van der Waals surface area contributed by atoms with Gasteiger partial charge in [0.2, 0.25) is 0 Å². The number of methoxy groups -OCH3 is 1. The first-order chi connectivity index (χ1) is 13.3. The van der Waals surface area contributed by atoms with Gasteiger partial charge in [0.05, 0.1) is 36.0 Å². The Morgan fingerprint density at radius 3 is 2.79 bits per heavy atom. The van der Waals surface area contributed by atoms with E-state index < -0.39 is 11.9 Å². The molecule has 0 atom stereocenters. The lowest BCUT2D eigenvalue weighted by Crippen LogP contribution is -2.19. The van der Waals surface area contributed by atoms with Gasteiger partial charge in [-0.1, -0.05) is 11.6 Å². The predicted molar refractivity (Wildman–Crippen MR) is 109 cm³/mol. The molecule has 0 saturated carbocycles. The zero-order valence-corrected chi connectivity index (χ0v) is 17.4. The summed E-state index contributed by atoms with van der Waals surface area (Å²) < 4.78 is 15.8. The van der Waals surface area contributed by atoms with Crippen LogP contribution in [0.5, 0.6) is 11.5 Å². The first-order valence-corrected chi connectivity index (χ1v) is 9.56. The second kappa shape index (κ2) is 10.1. The summed E-state index contributed by atoms with van der Waals surface area (Å²) in [6.45, 7) is 6.10. The van der Waals surface area contributed by atoms with E-state index in [-0.39, 0.29) is 16.2 Å². The number of rotatable bonds is 7. The van der Waals surface area contributed by atoms with E-state index in [1.807, 2.05) is 20.8 Å². The number of hydrogen-bond acceptors (Lipinski definition) is 8. The lowest BCUT2D eigenvalue weighted by Gasteiger charge is -2.16. The Labute approximate surface area is 172 Å². The van der Waals surface area contributed by atoms with Crippen molar-refractivity contribution >= 4 is 46.6 Å². The number of esters is 1. The van der Waals surface area contributed by atoms with Gasteiger partial charge in [0.15, 0.2) is 16.7 Å². The Kier molecular flexibility index (Phi) is 7.89. The van der Waals surface area contributed by atoms with Gasteiger partial charge in [0, 0.05) is 11.6 Å². The van der Waals surface area contributed by atoms with Crippen LogP contribution in [0.1, 0.15) is 26.3 Å². The van der Waals surface area contributed by atoms with Crippen molar-refractivity contribution in [1.29, 1.82) is 0 Å². The maximum atomic E-state index is 11.8. The molecule has 0 bridgehead atoms. The van der Waals surface area contributed by atoms with E-state index in [1.54, 1.807) is 12.1 Å². The molecule has 1 fully saturated rings. The van der Waals surface area contributed by atoms with Crippen molar-refractivity contribution < 1.29 is 23.8 Å². The highest BCUT2D eigenvalue weighted by Crippen LogP contribution is 2.37. The molecule has 2 rings (SSSR count). The summed E-state index contributed by atoms with van der Waals surface area (Å²) in [4.78, 5) is 23.2. The zero-order valence-electron chi connectivity index (χ0n) is 15.8. The molecule has 1 aliphatic heterocycles. The lowest BCUT2D eigenvalue weighted by atomic mass is 10.2. The third-order valence-electron chi connectivity index (χ3n) is 3.14. The number of nitrogens with zero attached hydrogens (tertiary/aromatic N) is 2. The molecule has 1 saturated heterocycles. The summed E-state index contributed by atoms with van der Waals surface area (Å²) in [5.74, 6) is -0.0896. The summed E-state index contributed by atoms with van der Waals surface area (Å²) in [5.41, 5.74) is 0.647. The smallest absolute Gasteiger partial charge is 0.331 e. The number of amidine groups is 1. The molecular formula is C18H20ClN3O5S. The van der Waals surface area contributed by atoms with Crippen LogP contribution >= 0.6 is 23.4 Å². The van der Waals surface area contributed by atoms with E-state index in [2.05, 4.69) is 20.3 Å². The van der Waals surface area contributed by atoms with Crippen LogP contribution in [0.4, 0.5) is 0 Å². The second-order valence-corrected chi connectivity index (χ2v) is 7.11. The van der Waals surface area contributed by atoms with Gasteiger partial charge < -0.3 is 14.2 Å². The monoisotopic (exact) mass is 425 g/mol. The minimum atomic E-state index is -0.621. The van der Waals surface area contributed by atoms with Gasteiger partial charge in [0.25, 0.3) is 5.91 Å². The summed E-state index contributed by atoms with van der Waals surface area (Å²) in [6, 6.07) is 3.41. The van der Waals surface area contributed by atoms with E-state index in [0.717, 1.165) is 17.8 Å². The van der Waals surface area contributed by atoms with Gasteiger partial charge in [0.1, 0.15) is 0 Å². The Hall–Kier alpha value is -2.52. The molecule has 1 N–H and O–H groups in total. The van der Waals surface area contributed by atoms with E-state index in [1.165, 1.54) is 13.3 Å². The highest BCUT2D eigenvalue weighted by atomic mass is 35.5. The number of carbonyl (C=O) groups excluding carboxylic acids is 2. The molecule has 1 aromatic rings. The molecular weight excluding hydrogens is 406 g/mol. The Bertz CT molecular complexity index is 852. The fourth-order valence-electron chi connectivity index (χ4n) is 2.06. The largest absolute Gasteiger partial charge is 0.490 e. The van der Waals surface area contributed by atoms with Gasteiger partial charge in [-0.3, -0.25) is 10.1 Å². The molecule has 1 heterocycles. The molecule has 1 amide bonds. The van der Waals surface area contributed by atoms with Gasteiger partial charge >= 0.3 is 5.97 Å². The fourth-order valence-corrected chi connectivity index (χ4v) is 3.07. The molecule has 0 radical (unpaired) electrons. The summed E-state index contributed by atoms with van der Waals surface area (Å²) in [5, 5.41) is 11.0. The van der Waals surface area contributed by atoms with Crippen molar-refractivity contribution in [2.24, 2.45) is 10.2 Å². The number of halogens is 1. The van der Waals surface area contributed by atoms with Crippen molar-refractivity contribution in [3.63, 3.8) is 0 Å². The summed E-state index contributed by atoms with van der Waals surface area (Å²) in [6.07, 6.45) is 2.50. The number of ether oxygens (including phenoxy) is 3. The molecule has 1 aliphatic rings. The second-order valence-electron chi connectivity index (χ2n) is 5.67. The standard InChI is InChI=1S/C18H20ClN3O5S/c1-5-26-13-7-11(6-12(19)16(13)27-10(2)3)9-20-22-18-21-17(24)14(28-18)8-15(23)25-4/h6-10H,5H2,1-4H3,(H,21,22,24)/b14-8+,20-9?. The minimum absolute atomic E-state index is 0.0575. The van der Waals surface area contributed by atoms with Crippen molar-refractivity contribution in [2.45, 2.75) is 26.9 Å². The van der Waals surface area contributed by atoms with Crippen molar-refractivity contribution in [2.75, 3.05) is 13.7 Å². The average molecular weight is 426 g/mol.